The van der Waals surface area contributed by atoms with Crippen molar-refractivity contribution in [3.63, 3.8) is 0 Å². The number of benzene rings is 2. The largest absolute Gasteiger partial charge is 0.495 e. The number of halogens is 2. The molecule has 156 valence electrons. The normalized spacial score (nSPS) is 10.6. The lowest BCUT2D eigenvalue weighted by Gasteiger charge is -2.06. The molecule has 0 amide bonds. The van der Waals surface area contributed by atoms with Crippen LogP contribution in [0, 0.1) is 6.92 Å². The van der Waals surface area contributed by atoms with Gasteiger partial charge in [-0.15, -0.1) is 0 Å². The third-order valence-electron chi connectivity index (χ3n) is 4.57. The molecule has 0 aliphatic rings. The number of fused-ring (bicyclic) bond motifs is 2. The Hall–Kier alpha value is -3.16. The summed E-state index contributed by atoms with van der Waals surface area (Å²) < 4.78 is 9.74. The first-order chi connectivity index (χ1) is 14.3. The molecule has 0 atom stereocenters. The number of esters is 1. The molecular formula is C21H18Cl2N2O5. The van der Waals surface area contributed by atoms with Crippen molar-refractivity contribution in [2.24, 2.45) is 0 Å². The number of carbonyl (C=O) groups is 2. The number of rotatable bonds is 3. The van der Waals surface area contributed by atoms with Crippen molar-refractivity contribution in [1.82, 2.24) is 9.97 Å². The van der Waals surface area contributed by atoms with Gasteiger partial charge in [-0.25, -0.2) is 9.59 Å². The van der Waals surface area contributed by atoms with Gasteiger partial charge in [-0.05, 0) is 36.8 Å². The van der Waals surface area contributed by atoms with Crippen LogP contribution in [0.1, 0.15) is 26.3 Å². The van der Waals surface area contributed by atoms with Crippen molar-refractivity contribution in [2.45, 2.75) is 6.92 Å². The number of aromatic nitrogens is 2. The monoisotopic (exact) mass is 448 g/mol. The zero-order valence-corrected chi connectivity index (χ0v) is 17.8. The number of aromatic carboxylic acids is 1. The second-order valence-corrected chi connectivity index (χ2v) is 7.08. The molecule has 4 aromatic rings. The maximum absolute atomic E-state index is 11.4. The summed E-state index contributed by atoms with van der Waals surface area (Å²) in [6, 6.07) is 6.69. The minimum Gasteiger partial charge on any atom is -0.495 e. The minimum atomic E-state index is -1.07. The van der Waals surface area contributed by atoms with Gasteiger partial charge < -0.3 is 24.5 Å². The first kappa shape index (κ1) is 21.5. The summed E-state index contributed by atoms with van der Waals surface area (Å²) in [4.78, 5) is 28.4. The van der Waals surface area contributed by atoms with Gasteiger partial charge in [0.2, 0.25) is 0 Å². The first-order valence-corrected chi connectivity index (χ1v) is 9.47. The number of methoxy groups -OCH3 is 2. The lowest BCUT2D eigenvalue weighted by Crippen LogP contribution is -2.02. The number of carbonyl (C=O) groups excluding carboxylic acids is 1. The van der Waals surface area contributed by atoms with Crippen LogP contribution in [0.25, 0.3) is 21.8 Å². The fourth-order valence-corrected chi connectivity index (χ4v) is 3.70. The highest BCUT2D eigenvalue weighted by molar-refractivity contribution is 6.39. The number of nitrogens with one attached hydrogen (secondary N) is 2. The summed E-state index contributed by atoms with van der Waals surface area (Å²) in [5, 5.41) is 11.1. The fraction of sp³-hybridized carbons (Fsp3) is 0.143. The van der Waals surface area contributed by atoms with Gasteiger partial charge in [0, 0.05) is 28.7 Å². The highest BCUT2D eigenvalue weighted by Crippen LogP contribution is 2.34. The van der Waals surface area contributed by atoms with E-state index < -0.39 is 11.9 Å². The third-order valence-corrected chi connectivity index (χ3v) is 5.39. The van der Waals surface area contributed by atoms with Crippen LogP contribution in [-0.4, -0.2) is 41.2 Å². The van der Waals surface area contributed by atoms with Gasteiger partial charge in [0.05, 0.1) is 40.9 Å². The molecule has 0 saturated heterocycles. The third kappa shape index (κ3) is 3.81. The zero-order valence-electron chi connectivity index (χ0n) is 16.3. The molecule has 2 heterocycles. The number of hydrogen-bond donors (Lipinski definition) is 3. The first-order valence-electron chi connectivity index (χ1n) is 8.71. The Morgan fingerprint density at radius 2 is 1.50 bits per heavy atom. The maximum Gasteiger partial charge on any atom is 0.339 e. The van der Waals surface area contributed by atoms with Crippen LogP contribution in [0.5, 0.6) is 5.75 Å². The number of aryl methyl sites for hydroxylation is 1. The van der Waals surface area contributed by atoms with E-state index in [1.807, 2.05) is 13.0 Å². The highest BCUT2D eigenvalue weighted by atomic mass is 35.5. The van der Waals surface area contributed by atoms with Gasteiger partial charge in [0.1, 0.15) is 5.75 Å². The van der Waals surface area contributed by atoms with Crippen molar-refractivity contribution in [3.8, 4) is 5.75 Å². The van der Waals surface area contributed by atoms with E-state index in [4.69, 9.17) is 33.0 Å². The van der Waals surface area contributed by atoms with Gasteiger partial charge >= 0.3 is 11.9 Å². The molecule has 0 aliphatic heterocycles. The molecule has 2 aromatic heterocycles. The van der Waals surface area contributed by atoms with E-state index in [1.54, 1.807) is 24.5 Å². The van der Waals surface area contributed by atoms with Crippen LogP contribution in [0.15, 0.2) is 36.7 Å². The summed E-state index contributed by atoms with van der Waals surface area (Å²) in [5.74, 6) is -1.01. The molecule has 4 rings (SSSR count). The Labute approximate surface area is 181 Å². The highest BCUT2D eigenvalue weighted by Gasteiger charge is 2.17. The number of carboxylic acids is 1. The Morgan fingerprint density at radius 1 is 0.933 bits per heavy atom. The molecule has 7 nitrogen and oxygen atoms in total. The Kier molecular flexibility index (Phi) is 6.24. The summed E-state index contributed by atoms with van der Waals surface area (Å²) in [6.45, 7) is 1.92. The Bertz CT molecular complexity index is 1260. The second kappa shape index (κ2) is 8.69. The maximum atomic E-state index is 11.4. The van der Waals surface area contributed by atoms with Crippen LogP contribution < -0.4 is 4.74 Å². The topological polar surface area (TPSA) is 104 Å². The smallest absolute Gasteiger partial charge is 0.339 e. The quantitative estimate of drug-likeness (QED) is 0.361. The van der Waals surface area contributed by atoms with Crippen molar-refractivity contribution < 1.29 is 24.2 Å². The molecule has 0 radical (unpaired) electrons. The molecule has 9 heteroatoms. The molecule has 0 aliphatic carbocycles. The summed E-state index contributed by atoms with van der Waals surface area (Å²) in [6.07, 6.45) is 3.48. The second-order valence-electron chi connectivity index (χ2n) is 6.32. The SMILES string of the molecule is COC(=O)c1cc(C)c2[nH]ccc2c1Cl.COc1cc(C(=O)O)c(Cl)c2cc[nH]c12. The number of H-pyrrole nitrogens is 2. The molecule has 0 spiro atoms. The molecule has 0 fully saturated rings. The van der Waals surface area contributed by atoms with Gasteiger partial charge in [-0.1, -0.05) is 23.2 Å². The summed E-state index contributed by atoms with van der Waals surface area (Å²) in [7, 11) is 2.82. The molecule has 0 unspecified atom stereocenters. The number of aromatic amines is 2. The number of carboxylic acid groups (broad SMARTS) is 1. The number of ether oxygens (including phenoxy) is 2. The van der Waals surface area contributed by atoms with Crippen LogP contribution in [-0.2, 0) is 4.74 Å². The van der Waals surface area contributed by atoms with E-state index >= 15 is 0 Å². The van der Waals surface area contributed by atoms with Crippen LogP contribution in [0.3, 0.4) is 0 Å². The zero-order chi connectivity index (χ0) is 22.0. The Balaban J connectivity index is 0.000000171. The van der Waals surface area contributed by atoms with Gasteiger partial charge in [-0.3, -0.25) is 0 Å². The molecule has 3 N–H and O–H groups in total. The van der Waals surface area contributed by atoms with E-state index in [0.29, 0.717) is 27.2 Å². The molecular weight excluding hydrogens is 431 g/mol. The lowest BCUT2D eigenvalue weighted by atomic mass is 10.1. The standard InChI is InChI=1S/C11H10ClNO2.C10H8ClNO3/c1-6-5-8(11(14)15-2)9(12)7-3-4-13-10(6)7;1-15-7-4-6(10(13)14)8(11)5-2-3-12-9(5)7/h3-5,13H,1-2H3;2-4,12H,1H3,(H,13,14). The van der Waals surface area contributed by atoms with Gasteiger partial charge in [0.15, 0.2) is 0 Å². The minimum absolute atomic E-state index is 0.0422. The van der Waals surface area contributed by atoms with E-state index in [-0.39, 0.29) is 10.6 Å². The summed E-state index contributed by atoms with van der Waals surface area (Å²) >= 11 is 12.1. The molecule has 0 bridgehead atoms. The predicted octanol–water partition coefficient (Wildman–Crippen LogP) is 5.44. The Morgan fingerprint density at radius 3 is 2.07 bits per heavy atom. The average molecular weight is 449 g/mol. The van der Waals surface area contributed by atoms with Gasteiger partial charge in [-0.2, -0.15) is 0 Å². The van der Waals surface area contributed by atoms with Crippen LogP contribution in [0.2, 0.25) is 10.0 Å². The molecule has 30 heavy (non-hydrogen) atoms. The fourth-order valence-electron chi connectivity index (χ4n) is 3.12. The average Bonchev–Trinajstić information content (AvgIpc) is 3.41. The van der Waals surface area contributed by atoms with Crippen LogP contribution in [0.4, 0.5) is 0 Å². The summed E-state index contributed by atoms with van der Waals surface area (Å²) in [5.41, 5.74) is 3.07. The van der Waals surface area contributed by atoms with Crippen molar-refractivity contribution in [2.75, 3.05) is 14.2 Å². The van der Waals surface area contributed by atoms with E-state index in [0.717, 1.165) is 16.5 Å². The van der Waals surface area contributed by atoms with Crippen molar-refractivity contribution >= 4 is 56.9 Å². The van der Waals surface area contributed by atoms with Gasteiger partial charge in [0.25, 0.3) is 0 Å². The molecule has 2 aromatic carbocycles. The van der Waals surface area contributed by atoms with E-state index in [1.165, 1.54) is 20.3 Å². The van der Waals surface area contributed by atoms with Crippen molar-refractivity contribution in [3.05, 3.63) is 63.4 Å². The predicted molar refractivity (Wildman–Crippen MR) is 116 cm³/mol. The number of hydrogen-bond acceptors (Lipinski definition) is 4. The van der Waals surface area contributed by atoms with Crippen molar-refractivity contribution in [1.29, 1.82) is 0 Å². The van der Waals surface area contributed by atoms with E-state index in [2.05, 4.69) is 14.7 Å². The molecule has 0 saturated carbocycles. The van der Waals surface area contributed by atoms with E-state index in [9.17, 15) is 9.59 Å². The van der Waals surface area contributed by atoms with Crippen LogP contribution >= 0.6 is 23.2 Å². The lowest BCUT2D eigenvalue weighted by molar-refractivity contribution is 0.0600.